The van der Waals surface area contributed by atoms with Crippen LogP contribution in [0.2, 0.25) is 0 Å². The van der Waals surface area contributed by atoms with Gasteiger partial charge in [0, 0.05) is 12.4 Å². The maximum absolute atomic E-state index is 11.8. The summed E-state index contributed by atoms with van der Waals surface area (Å²) in [6.07, 6.45) is 3.06. The number of rotatable bonds is 2. The number of anilines is 1. The molecule has 0 aliphatic rings. The van der Waals surface area contributed by atoms with Crippen LogP contribution in [0.25, 0.3) is 0 Å². The minimum atomic E-state index is -0.464. The van der Waals surface area contributed by atoms with Gasteiger partial charge in [0.05, 0.1) is 0 Å². The fraction of sp³-hybridized carbons (Fsp3) is 0.0833. The number of aromatic amines is 1. The average Bonchev–Trinajstić information content (AvgIpc) is 2.32. The van der Waals surface area contributed by atoms with Gasteiger partial charge in [-0.1, -0.05) is 6.07 Å². The number of nitrogens with zero attached hydrogens (tertiary/aromatic N) is 1. The molecule has 0 aliphatic heterocycles. The second-order valence-electron chi connectivity index (χ2n) is 3.54. The van der Waals surface area contributed by atoms with Gasteiger partial charge >= 0.3 is 0 Å². The zero-order chi connectivity index (χ0) is 12.3. The molecule has 2 rings (SSSR count). The number of H-pyrrole nitrogens is 1. The number of aromatic nitrogens is 2. The fourth-order valence-corrected chi connectivity index (χ4v) is 1.39. The molecular weight excluding hydrogens is 218 g/mol. The van der Waals surface area contributed by atoms with Gasteiger partial charge in [0.15, 0.2) is 0 Å². The SMILES string of the molecule is Cc1cccnc1NC(=O)c1ccc[nH]c1=O. The lowest BCUT2D eigenvalue weighted by Gasteiger charge is -2.05. The number of aryl methyl sites for hydroxylation is 1. The van der Waals surface area contributed by atoms with Gasteiger partial charge in [-0.2, -0.15) is 0 Å². The number of pyridine rings is 2. The third kappa shape index (κ3) is 2.39. The van der Waals surface area contributed by atoms with Gasteiger partial charge in [0.25, 0.3) is 11.5 Å². The van der Waals surface area contributed by atoms with Crippen LogP contribution in [0, 0.1) is 6.92 Å². The molecule has 0 unspecified atom stereocenters. The Morgan fingerprint density at radius 3 is 2.88 bits per heavy atom. The van der Waals surface area contributed by atoms with E-state index in [1.54, 1.807) is 18.3 Å². The Morgan fingerprint density at radius 1 is 1.35 bits per heavy atom. The van der Waals surface area contributed by atoms with E-state index in [1.165, 1.54) is 12.3 Å². The van der Waals surface area contributed by atoms with Crippen molar-refractivity contribution in [1.29, 1.82) is 0 Å². The van der Waals surface area contributed by atoms with Crippen LogP contribution in [0.1, 0.15) is 15.9 Å². The molecule has 17 heavy (non-hydrogen) atoms. The first-order valence-corrected chi connectivity index (χ1v) is 5.09. The first-order chi connectivity index (χ1) is 8.18. The lowest BCUT2D eigenvalue weighted by Crippen LogP contribution is -2.23. The third-order valence-corrected chi connectivity index (χ3v) is 2.30. The molecule has 0 saturated heterocycles. The van der Waals surface area contributed by atoms with E-state index < -0.39 is 11.5 Å². The van der Waals surface area contributed by atoms with E-state index in [0.29, 0.717) is 5.82 Å². The molecule has 1 amide bonds. The van der Waals surface area contributed by atoms with Crippen LogP contribution in [-0.4, -0.2) is 15.9 Å². The Morgan fingerprint density at radius 2 is 2.18 bits per heavy atom. The lowest BCUT2D eigenvalue weighted by atomic mass is 10.2. The first kappa shape index (κ1) is 11.1. The Bertz CT molecular complexity index is 604. The summed E-state index contributed by atoms with van der Waals surface area (Å²) in [5.41, 5.74) is 0.490. The lowest BCUT2D eigenvalue weighted by molar-refractivity contribution is 0.102. The molecule has 5 heteroatoms. The van der Waals surface area contributed by atoms with E-state index >= 15 is 0 Å². The van der Waals surface area contributed by atoms with Gasteiger partial charge in [-0.05, 0) is 30.7 Å². The molecule has 0 spiro atoms. The van der Waals surface area contributed by atoms with Crippen molar-refractivity contribution in [1.82, 2.24) is 9.97 Å². The minimum Gasteiger partial charge on any atom is -0.328 e. The Labute approximate surface area is 97.5 Å². The van der Waals surface area contributed by atoms with Crippen molar-refractivity contribution >= 4 is 11.7 Å². The predicted molar refractivity (Wildman–Crippen MR) is 64.0 cm³/mol. The highest BCUT2D eigenvalue weighted by molar-refractivity contribution is 6.03. The second-order valence-corrected chi connectivity index (χ2v) is 3.54. The normalized spacial score (nSPS) is 9.94. The molecular formula is C12H11N3O2. The zero-order valence-corrected chi connectivity index (χ0v) is 9.23. The van der Waals surface area contributed by atoms with Crippen LogP contribution in [0.5, 0.6) is 0 Å². The van der Waals surface area contributed by atoms with Gasteiger partial charge in [0.1, 0.15) is 11.4 Å². The van der Waals surface area contributed by atoms with Crippen molar-refractivity contribution < 1.29 is 4.79 Å². The fourth-order valence-electron chi connectivity index (χ4n) is 1.39. The van der Waals surface area contributed by atoms with Gasteiger partial charge in [-0.3, -0.25) is 9.59 Å². The van der Waals surface area contributed by atoms with E-state index in [4.69, 9.17) is 0 Å². The molecule has 0 aliphatic carbocycles. The summed E-state index contributed by atoms with van der Waals surface area (Å²) >= 11 is 0. The van der Waals surface area contributed by atoms with E-state index in [1.807, 2.05) is 13.0 Å². The summed E-state index contributed by atoms with van der Waals surface area (Å²) in [5.74, 6) is -0.00518. The van der Waals surface area contributed by atoms with Crippen molar-refractivity contribution in [2.75, 3.05) is 5.32 Å². The molecule has 0 fully saturated rings. The van der Waals surface area contributed by atoms with E-state index in [9.17, 15) is 9.59 Å². The monoisotopic (exact) mass is 229 g/mol. The van der Waals surface area contributed by atoms with E-state index in [2.05, 4.69) is 15.3 Å². The summed E-state index contributed by atoms with van der Waals surface area (Å²) in [6.45, 7) is 1.83. The molecule has 0 aromatic carbocycles. The van der Waals surface area contributed by atoms with Crippen molar-refractivity contribution in [2.24, 2.45) is 0 Å². The minimum absolute atomic E-state index is 0.0672. The molecule has 2 aromatic heterocycles. The quantitative estimate of drug-likeness (QED) is 0.815. The number of carbonyl (C=O) groups excluding carboxylic acids is 1. The van der Waals surface area contributed by atoms with E-state index in [-0.39, 0.29) is 5.56 Å². The van der Waals surface area contributed by atoms with Gasteiger partial charge in [-0.15, -0.1) is 0 Å². The standard InChI is InChI=1S/C12H11N3O2/c1-8-4-2-6-13-10(8)15-12(17)9-5-3-7-14-11(9)16/h2-7H,1H3,(H,14,16)(H,13,15,17). The number of nitrogens with one attached hydrogen (secondary N) is 2. The van der Waals surface area contributed by atoms with Gasteiger partial charge in [-0.25, -0.2) is 4.98 Å². The summed E-state index contributed by atoms with van der Waals surface area (Å²) < 4.78 is 0. The Balaban J connectivity index is 2.27. The first-order valence-electron chi connectivity index (χ1n) is 5.09. The topological polar surface area (TPSA) is 74.8 Å². The maximum Gasteiger partial charge on any atom is 0.262 e. The number of hydrogen-bond acceptors (Lipinski definition) is 3. The van der Waals surface area contributed by atoms with Crippen molar-refractivity contribution in [3.8, 4) is 0 Å². The Hall–Kier alpha value is -2.43. The molecule has 2 aromatic rings. The van der Waals surface area contributed by atoms with Crippen LogP contribution in [0.3, 0.4) is 0 Å². The summed E-state index contributed by atoms with van der Waals surface area (Å²) in [6, 6.07) is 6.67. The van der Waals surface area contributed by atoms with Crippen LogP contribution in [0.15, 0.2) is 41.5 Å². The number of amides is 1. The summed E-state index contributed by atoms with van der Waals surface area (Å²) in [4.78, 5) is 29.7. The van der Waals surface area contributed by atoms with Crippen LogP contribution in [-0.2, 0) is 0 Å². The van der Waals surface area contributed by atoms with Gasteiger partial charge < -0.3 is 10.3 Å². The highest BCUT2D eigenvalue weighted by atomic mass is 16.2. The molecule has 0 radical (unpaired) electrons. The number of carbonyl (C=O) groups is 1. The second kappa shape index (κ2) is 4.61. The molecule has 0 bridgehead atoms. The summed E-state index contributed by atoms with van der Waals surface area (Å²) in [7, 11) is 0. The molecule has 2 heterocycles. The third-order valence-electron chi connectivity index (χ3n) is 2.30. The molecule has 2 N–H and O–H groups in total. The average molecular weight is 229 g/mol. The smallest absolute Gasteiger partial charge is 0.262 e. The molecule has 0 saturated carbocycles. The largest absolute Gasteiger partial charge is 0.328 e. The molecule has 86 valence electrons. The van der Waals surface area contributed by atoms with Crippen LogP contribution >= 0.6 is 0 Å². The predicted octanol–water partition coefficient (Wildman–Crippen LogP) is 1.33. The maximum atomic E-state index is 11.8. The Kier molecular flexibility index (Phi) is 3.00. The van der Waals surface area contributed by atoms with Crippen molar-refractivity contribution in [3.63, 3.8) is 0 Å². The van der Waals surface area contributed by atoms with Crippen LogP contribution < -0.4 is 10.9 Å². The van der Waals surface area contributed by atoms with Crippen LogP contribution in [0.4, 0.5) is 5.82 Å². The molecule has 5 nitrogen and oxygen atoms in total. The van der Waals surface area contributed by atoms with E-state index in [0.717, 1.165) is 5.56 Å². The van der Waals surface area contributed by atoms with Crippen molar-refractivity contribution in [2.45, 2.75) is 6.92 Å². The van der Waals surface area contributed by atoms with Crippen molar-refractivity contribution in [3.05, 3.63) is 58.1 Å². The zero-order valence-electron chi connectivity index (χ0n) is 9.23. The highest BCUT2D eigenvalue weighted by Gasteiger charge is 2.11. The molecule has 0 atom stereocenters. The number of hydrogen-bond donors (Lipinski definition) is 2. The van der Waals surface area contributed by atoms with Gasteiger partial charge in [0.2, 0.25) is 0 Å². The summed E-state index contributed by atoms with van der Waals surface area (Å²) in [5, 5.41) is 2.60. The highest BCUT2D eigenvalue weighted by Crippen LogP contribution is 2.09.